The summed E-state index contributed by atoms with van der Waals surface area (Å²) >= 11 is 0. The summed E-state index contributed by atoms with van der Waals surface area (Å²) in [7, 11) is 0. The topological polar surface area (TPSA) is 81.2 Å². The first-order valence-corrected chi connectivity index (χ1v) is 6.24. The van der Waals surface area contributed by atoms with Crippen LogP contribution in [0.5, 0.6) is 0 Å². The number of nitrogens with zero attached hydrogens (tertiary/aromatic N) is 1. The van der Waals surface area contributed by atoms with E-state index < -0.39 is 5.54 Å². The van der Waals surface area contributed by atoms with Gasteiger partial charge in [-0.05, 0) is 26.2 Å². The smallest absolute Gasteiger partial charge is 0.289 e. The number of hydrogen-bond donors (Lipinski definition) is 2. The Morgan fingerprint density at radius 2 is 2.11 bits per heavy atom. The predicted octanol–water partition coefficient (Wildman–Crippen LogP) is 1.78. The van der Waals surface area contributed by atoms with Gasteiger partial charge < -0.3 is 15.5 Å². The summed E-state index contributed by atoms with van der Waals surface area (Å²) in [5.41, 5.74) is 5.95. The Bertz CT molecular complexity index is 426. The quantitative estimate of drug-likeness (QED) is 0.838. The van der Waals surface area contributed by atoms with Crippen molar-refractivity contribution < 1.29 is 9.21 Å². The zero-order valence-corrected chi connectivity index (χ0v) is 11.8. The van der Waals surface area contributed by atoms with Crippen LogP contribution in [-0.4, -0.2) is 23.0 Å². The van der Waals surface area contributed by atoms with Crippen LogP contribution in [0.1, 0.15) is 49.3 Å². The van der Waals surface area contributed by atoms with Crippen molar-refractivity contribution >= 4 is 5.91 Å². The number of aromatic nitrogens is 1. The molecule has 1 atom stereocenters. The highest BCUT2D eigenvalue weighted by atomic mass is 16.4. The number of nitrogens with two attached hydrogens (primary N) is 1. The monoisotopic (exact) mass is 253 g/mol. The molecule has 3 N–H and O–H groups in total. The van der Waals surface area contributed by atoms with Crippen LogP contribution in [0.3, 0.4) is 0 Å². The molecule has 18 heavy (non-hydrogen) atoms. The minimum absolute atomic E-state index is 0.248. The zero-order valence-electron chi connectivity index (χ0n) is 11.8. The summed E-state index contributed by atoms with van der Waals surface area (Å²) < 4.78 is 5.31. The molecule has 0 radical (unpaired) electrons. The lowest BCUT2D eigenvalue weighted by molar-refractivity contribution is 0.0867. The van der Waals surface area contributed by atoms with E-state index in [2.05, 4.69) is 24.1 Å². The Labute approximate surface area is 108 Å². The maximum Gasteiger partial charge on any atom is 0.289 e. The lowest BCUT2D eigenvalue weighted by Crippen LogP contribution is -2.52. The molecule has 0 aliphatic rings. The number of rotatable bonds is 5. The molecule has 1 aromatic rings. The molecule has 102 valence electrons. The van der Waals surface area contributed by atoms with Gasteiger partial charge in [0.05, 0.1) is 11.2 Å². The van der Waals surface area contributed by atoms with E-state index in [9.17, 15) is 4.79 Å². The molecule has 1 rings (SSSR count). The van der Waals surface area contributed by atoms with Crippen molar-refractivity contribution in [3.63, 3.8) is 0 Å². The van der Waals surface area contributed by atoms with Crippen LogP contribution in [0.2, 0.25) is 0 Å². The van der Waals surface area contributed by atoms with Crippen molar-refractivity contribution in [2.45, 2.75) is 46.6 Å². The highest BCUT2D eigenvalue weighted by Crippen LogP contribution is 2.17. The molecule has 0 aromatic carbocycles. The largest absolute Gasteiger partial charge is 0.436 e. The Hall–Kier alpha value is -1.36. The molecule has 1 aromatic heterocycles. The van der Waals surface area contributed by atoms with E-state index in [0.717, 1.165) is 6.42 Å². The molecule has 1 heterocycles. The summed E-state index contributed by atoms with van der Waals surface area (Å²) in [4.78, 5) is 16.2. The highest BCUT2D eigenvalue weighted by molar-refractivity contribution is 5.92. The van der Waals surface area contributed by atoms with E-state index in [4.69, 9.17) is 10.2 Å². The summed E-state index contributed by atoms with van der Waals surface area (Å²) in [5, 5.41) is 2.95. The third-order valence-corrected chi connectivity index (χ3v) is 2.83. The van der Waals surface area contributed by atoms with Gasteiger partial charge in [0.1, 0.15) is 0 Å². The van der Waals surface area contributed by atoms with Crippen LogP contribution in [-0.2, 0) is 0 Å². The van der Waals surface area contributed by atoms with E-state index in [1.165, 1.54) is 0 Å². The average Bonchev–Trinajstić information content (AvgIpc) is 2.56. The Balaban J connectivity index is 2.82. The Morgan fingerprint density at radius 3 is 2.50 bits per heavy atom. The number of nitrogens with one attached hydrogen (secondary N) is 1. The molecule has 0 aliphatic heterocycles. The summed E-state index contributed by atoms with van der Waals surface area (Å²) in [6.45, 7) is 10.0. The highest BCUT2D eigenvalue weighted by Gasteiger charge is 2.28. The zero-order chi connectivity index (χ0) is 13.9. The summed E-state index contributed by atoms with van der Waals surface area (Å²) in [5.74, 6) is 0.977. The lowest BCUT2D eigenvalue weighted by atomic mass is 9.90. The standard InChI is InChI=1S/C13H23N3O2/c1-8(2)6-13(5,7-14)16-12(17)11-9(3)15-10(4)18-11/h8H,6-7,14H2,1-5H3,(H,16,17). The predicted molar refractivity (Wildman–Crippen MR) is 70.4 cm³/mol. The first-order chi connectivity index (χ1) is 8.27. The third kappa shape index (κ3) is 3.57. The minimum atomic E-state index is -0.418. The first kappa shape index (κ1) is 14.7. The van der Waals surface area contributed by atoms with Crippen LogP contribution in [0.25, 0.3) is 0 Å². The van der Waals surface area contributed by atoms with Crippen LogP contribution in [0.4, 0.5) is 0 Å². The van der Waals surface area contributed by atoms with Crippen molar-refractivity contribution in [2.24, 2.45) is 11.7 Å². The maximum absolute atomic E-state index is 12.1. The van der Waals surface area contributed by atoms with Gasteiger partial charge >= 0.3 is 0 Å². The van der Waals surface area contributed by atoms with Gasteiger partial charge in [-0.2, -0.15) is 0 Å². The molecular formula is C13H23N3O2. The van der Waals surface area contributed by atoms with Crippen molar-refractivity contribution in [1.29, 1.82) is 0 Å². The first-order valence-electron chi connectivity index (χ1n) is 6.24. The van der Waals surface area contributed by atoms with Gasteiger partial charge in [-0.3, -0.25) is 4.79 Å². The lowest BCUT2D eigenvalue weighted by Gasteiger charge is -2.30. The number of carbonyl (C=O) groups is 1. The fourth-order valence-electron chi connectivity index (χ4n) is 2.16. The van der Waals surface area contributed by atoms with Gasteiger partial charge in [0.25, 0.3) is 5.91 Å². The second-order valence-corrected chi connectivity index (χ2v) is 5.46. The third-order valence-electron chi connectivity index (χ3n) is 2.83. The van der Waals surface area contributed by atoms with E-state index in [-0.39, 0.29) is 11.7 Å². The van der Waals surface area contributed by atoms with Gasteiger partial charge in [-0.1, -0.05) is 13.8 Å². The normalized spacial score (nSPS) is 14.6. The molecule has 0 saturated heterocycles. The van der Waals surface area contributed by atoms with Crippen LogP contribution < -0.4 is 11.1 Å². The van der Waals surface area contributed by atoms with Crippen molar-refractivity contribution in [3.8, 4) is 0 Å². The number of amides is 1. The van der Waals surface area contributed by atoms with Crippen LogP contribution in [0, 0.1) is 19.8 Å². The molecule has 5 nitrogen and oxygen atoms in total. The summed E-state index contributed by atoms with van der Waals surface area (Å²) in [6.07, 6.45) is 0.821. The number of hydrogen-bond acceptors (Lipinski definition) is 4. The molecular weight excluding hydrogens is 230 g/mol. The summed E-state index contributed by atoms with van der Waals surface area (Å²) in [6, 6.07) is 0. The fourth-order valence-corrected chi connectivity index (χ4v) is 2.16. The molecule has 0 saturated carbocycles. The Kier molecular flexibility index (Phi) is 4.51. The average molecular weight is 253 g/mol. The van der Waals surface area contributed by atoms with Crippen LogP contribution in [0.15, 0.2) is 4.42 Å². The van der Waals surface area contributed by atoms with E-state index in [1.807, 2.05) is 6.92 Å². The molecule has 0 bridgehead atoms. The SMILES string of the molecule is Cc1nc(C)c(C(=O)NC(C)(CN)CC(C)C)o1. The Morgan fingerprint density at radius 1 is 1.50 bits per heavy atom. The van der Waals surface area contributed by atoms with Crippen molar-refractivity contribution in [3.05, 3.63) is 17.3 Å². The van der Waals surface area contributed by atoms with Crippen molar-refractivity contribution in [2.75, 3.05) is 6.54 Å². The number of aryl methyl sites for hydroxylation is 2. The fraction of sp³-hybridized carbons (Fsp3) is 0.692. The molecule has 1 amide bonds. The molecule has 1 unspecified atom stereocenters. The molecule has 5 heteroatoms. The van der Waals surface area contributed by atoms with Crippen molar-refractivity contribution in [1.82, 2.24) is 10.3 Å². The van der Waals surface area contributed by atoms with Gasteiger partial charge in [-0.15, -0.1) is 0 Å². The second kappa shape index (κ2) is 5.52. The van der Waals surface area contributed by atoms with Gasteiger partial charge in [-0.25, -0.2) is 4.98 Å². The van der Waals surface area contributed by atoms with Crippen LogP contribution >= 0.6 is 0 Å². The van der Waals surface area contributed by atoms with E-state index >= 15 is 0 Å². The van der Waals surface area contributed by atoms with E-state index in [1.54, 1.807) is 13.8 Å². The second-order valence-electron chi connectivity index (χ2n) is 5.46. The van der Waals surface area contributed by atoms with Gasteiger partial charge in [0, 0.05) is 13.5 Å². The van der Waals surface area contributed by atoms with E-state index in [0.29, 0.717) is 24.0 Å². The molecule has 0 aliphatic carbocycles. The molecule has 0 fully saturated rings. The van der Waals surface area contributed by atoms with Gasteiger partial charge in [0.2, 0.25) is 5.76 Å². The van der Waals surface area contributed by atoms with Gasteiger partial charge in [0.15, 0.2) is 5.89 Å². The number of carbonyl (C=O) groups excluding carboxylic acids is 1. The number of oxazole rings is 1. The molecule has 0 spiro atoms. The maximum atomic E-state index is 12.1. The minimum Gasteiger partial charge on any atom is -0.436 e.